The van der Waals surface area contributed by atoms with Gasteiger partial charge in [-0.1, -0.05) is 36.4 Å². The molecule has 0 saturated heterocycles. The van der Waals surface area contributed by atoms with Crippen LogP contribution in [0.5, 0.6) is 23.1 Å². The van der Waals surface area contributed by atoms with Crippen molar-refractivity contribution in [3.8, 4) is 23.1 Å². The number of aromatic nitrogens is 1. The van der Waals surface area contributed by atoms with Crippen molar-refractivity contribution in [2.75, 3.05) is 0 Å². The van der Waals surface area contributed by atoms with Crippen LogP contribution in [0.4, 0.5) is 0 Å². The number of benzene rings is 2. The normalized spacial score (nSPS) is 10.0. The minimum absolute atomic E-state index is 0.449. The van der Waals surface area contributed by atoms with Crippen molar-refractivity contribution in [1.82, 2.24) is 4.98 Å². The van der Waals surface area contributed by atoms with Gasteiger partial charge in [-0.2, -0.15) is 0 Å². The van der Waals surface area contributed by atoms with Gasteiger partial charge in [0.2, 0.25) is 5.88 Å². The highest BCUT2D eigenvalue weighted by Crippen LogP contribution is 2.25. The van der Waals surface area contributed by atoms with Crippen molar-refractivity contribution in [3.05, 3.63) is 79.0 Å². The molecule has 3 rings (SSSR count). The zero-order valence-corrected chi connectivity index (χ0v) is 10.7. The van der Waals surface area contributed by atoms with Crippen LogP contribution in [0.25, 0.3) is 0 Å². The van der Waals surface area contributed by atoms with Gasteiger partial charge in [0, 0.05) is 12.1 Å². The lowest BCUT2D eigenvalue weighted by atomic mass is 10.3. The number of ether oxygens (including phenoxy) is 2. The second-order valence-corrected chi connectivity index (χ2v) is 4.10. The molecule has 0 spiro atoms. The van der Waals surface area contributed by atoms with E-state index < -0.39 is 0 Å². The highest BCUT2D eigenvalue weighted by molar-refractivity contribution is 5.34. The first-order valence-corrected chi connectivity index (χ1v) is 6.24. The summed E-state index contributed by atoms with van der Waals surface area (Å²) in [6, 6.07) is 22.4. The fourth-order valence-corrected chi connectivity index (χ4v) is 1.70. The number of hydrogen-bond acceptors (Lipinski definition) is 3. The molecule has 2 aromatic carbocycles. The zero-order chi connectivity index (χ0) is 13.6. The Morgan fingerprint density at radius 1 is 0.700 bits per heavy atom. The number of para-hydroxylation sites is 2. The van der Waals surface area contributed by atoms with Gasteiger partial charge >= 0.3 is 0 Å². The zero-order valence-electron chi connectivity index (χ0n) is 10.7. The molecule has 0 amide bonds. The molecule has 3 aromatic rings. The standard InChI is InChI=1S/C17H12NO2/c1-3-7-14(8-4-1)19-16-11-12-18-17(13-16)20-15-9-5-2-6-10-15/h1-11,13H. The summed E-state index contributed by atoms with van der Waals surface area (Å²) >= 11 is 0. The molecule has 0 unspecified atom stereocenters. The molecule has 1 aromatic heterocycles. The Kier molecular flexibility index (Phi) is 3.60. The molecule has 3 nitrogen and oxygen atoms in total. The third kappa shape index (κ3) is 3.14. The Hall–Kier alpha value is -2.81. The first kappa shape index (κ1) is 12.2. The van der Waals surface area contributed by atoms with Gasteiger partial charge in [-0.05, 0) is 24.3 Å². The van der Waals surface area contributed by atoms with Gasteiger partial charge in [0.05, 0.1) is 6.20 Å². The number of hydrogen-bond donors (Lipinski definition) is 0. The van der Waals surface area contributed by atoms with E-state index in [1.54, 1.807) is 12.1 Å². The highest BCUT2D eigenvalue weighted by atomic mass is 16.5. The monoisotopic (exact) mass is 262 g/mol. The van der Waals surface area contributed by atoms with Gasteiger partial charge in [0.1, 0.15) is 17.2 Å². The summed E-state index contributed by atoms with van der Waals surface area (Å²) in [5.41, 5.74) is 0. The maximum absolute atomic E-state index is 5.71. The highest BCUT2D eigenvalue weighted by Gasteiger charge is 2.02. The smallest absolute Gasteiger partial charge is 0.223 e. The molecule has 0 aliphatic carbocycles. The van der Waals surface area contributed by atoms with Gasteiger partial charge in [-0.3, -0.25) is 0 Å². The fraction of sp³-hybridized carbons (Fsp3) is 0. The molecule has 0 saturated carbocycles. The van der Waals surface area contributed by atoms with E-state index in [1.807, 2.05) is 60.7 Å². The molecule has 0 fully saturated rings. The van der Waals surface area contributed by atoms with Crippen LogP contribution in [0.3, 0.4) is 0 Å². The van der Waals surface area contributed by atoms with E-state index >= 15 is 0 Å². The van der Waals surface area contributed by atoms with E-state index in [1.165, 1.54) is 0 Å². The van der Waals surface area contributed by atoms with E-state index in [4.69, 9.17) is 9.47 Å². The molecule has 0 atom stereocenters. The van der Waals surface area contributed by atoms with Crippen molar-refractivity contribution in [2.45, 2.75) is 0 Å². The van der Waals surface area contributed by atoms with Gasteiger partial charge in [0.25, 0.3) is 0 Å². The molecule has 0 bridgehead atoms. The average molecular weight is 262 g/mol. The van der Waals surface area contributed by atoms with Crippen LogP contribution in [0, 0.1) is 6.20 Å². The van der Waals surface area contributed by atoms with Gasteiger partial charge < -0.3 is 9.47 Å². The topological polar surface area (TPSA) is 31.4 Å². The van der Waals surface area contributed by atoms with Gasteiger partial charge in [-0.15, -0.1) is 0 Å². The lowest BCUT2D eigenvalue weighted by Gasteiger charge is -2.07. The minimum atomic E-state index is 0.449. The number of rotatable bonds is 4. The fourth-order valence-electron chi connectivity index (χ4n) is 1.70. The van der Waals surface area contributed by atoms with Crippen molar-refractivity contribution >= 4 is 0 Å². The number of pyridine rings is 1. The van der Waals surface area contributed by atoms with Crippen molar-refractivity contribution in [1.29, 1.82) is 0 Å². The predicted molar refractivity (Wildman–Crippen MR) is 76.1 cm³/mol. The Balaban J connectivity index is 1.76. The molecule has 0 aliphatic rings. The molecular weight excluding hydrogens is 250 g/mol. The molecular formula is C17H12NO2. The lowest BCUT2D eigenvalue weighted by Crippen LogP contribution is -1.89. The Bertz CT molecular complexity index is 612. The molecule has 0 N–H and O–H groups in total. The third-order valence-corrected chi connectivity index (χ3v) is 2.59. The summed E-state index contributed by atoms with van der Waals surface area (Å²) in [5.74, 6) is 2.57. The molecule has 0 aliphatic heterocycles. The van der Waals surface area contributed by atoms with E-state index in [2.05, 4.69) is 11.2 Å². The second kappa shape index (κ2) is 5.89. The van der Waals surface area contributed by atoms with Gasteiger partial charge in [0.15, 0.2) is 0 Å². The summed E-state index contributed by atoms with van der Waals surface area (Å²) < 4.78 is 11.3. The van der Waals surface area contributed by atoms with Crippen LogP contribution < -0.4 is 9.47 Å². The van der Waals surface area contributed by atoms with Crippen LogP contribution in [-0.2, 0) is 0 Å². The third-order valence-electron chi connectivity index (χ3n) is 2.59. The van der Waals surface area contributed by atoms with Gasteiger partial charge in [-0.25, -0.2) is 4.98 Å². The summed E-state index contributed by atoms with van der Waals surface area (Å²) in [5, 5.41) is 0. The van der Waals surface area contributed by atoms with Crippen LogP contribution in [0.1, 0.15) is 0 Å². The SMILES string of the molecule is [c]1cc(Oc2ccccc2)cc(Oc2ccccc2)n1. The van der Waals surface area contributed by atoms with E-state index in [9.17, 15) is 0 Å². The summed E-state index contributed by atoms with van der Waals surface area (Å²) in [6.45, 7) is 0. The molecule has 1 radical (unpaired) electrons. The first-order chi connectivity index (χ1) is 9.90. The van der Waals surface area contributed by atoms with Crippen molar-refractivity contribution < 1.29 is 9.47 Å². The molecule has 20 heavy (non-hydrogen) atoms. The Morgan fingerprint density at radius 3 is 1.95 bits per heavy atom. The molecule has 97 valence electrons. The maximum Gasteiger partial charge on any atom is 0.223 e. The Labute approximate surface area is 117 Å². The van der Waals surface area contributed by atoms with Crippen LogP contribution >= 0.6 is 0 Å². The molecule has 3 heteroatoms. The van der Waals surface area contributed by atoms with Crippen LogP contribution in [-0.4, -0.2) is 4.98 Å². The number of nitrogens with zero attached hydrogens (tertiary/aromatic N) is 1. The van der Waals surface area contributed by atoms with Crippen molar-refractivity contribution in [2.24, 2.45) is 0 Å². The summed E-state index contributed by atoms with van der Waals surface area (Å²) in [4.78, 5) is 4.05. The van der Waals surface area contributed by atoms with E-state index in [0.717, 1.165) is 11.5 Å². The van der Waals surface area contributed by atoms with Crippen LogP contribution in [0.15, 0.2) is 72.8 Å². The quantitative estimate of drug-likeness (QED) is 0.695. The second-order valence-electron chi connectivity index (χ2n) is 4.10. The summed E-state index contributed by atoms with van der Waals surface area (Å²) in [6.07, 6.45) is 2.77. The minimum Gasteiger partial charge on any atom is -0.457 e. The van der Waals surface area contributed by atoms with E-state index in [-0.39, 0.29) is 0 Å². The maximum atomic E-state index is 5.71. The Morgan fingerprint density at radius 2 is 1.30 bits per heavy atom. The largest absolute Gasteiger partial charge is 0.457 e. The molecule has 1 heterocycles. The van der Waals surface area contributed by atoms with E-state index in [0.29, 0.717) is 11.6 Å². The summed E-state index contributed by atoms with van der Waals surface area (Å²) in [7, 11) is 0. The first-order valence-electron chi connectivity index (χ1n) is 6.24. The predicted octanol–water partition coefficient (Wildman–Crippen LogP) is 4.47. The van der Waals surface area contributed by atoms with Crippen LogP contribution in [0.2, 0.25) is 0 Å². The lowest BCUT2D eigenvalue weighted by molar-refractivity contribution is 0.445. The van der Waals surface area contributed by atoms with Crippen molar-refractivity contribution in [3.63, 3.8) is 0 Å². The average Bonchev–Trinajstić information content (AvgIpc) is 2.50.